The first-order chi connectivity index (χ1) is 12.8. The monoisotopic (exact) mass is 368 g/mol. The Kier molecular flexibility index (Phi) is 5.40. The quantitative estimate of drug-likeness (QED) is 0.749. The highest BCUT2D eigenvalue weighted by Gasteiger charge is 2.29. The Morgan fingerprint density at radius 1 is 1.11 bits per heavy atom. The Balaban J connectivity index is 1.62. The molecule has 1 N–H and O–H groups in total. The van der Waals surface area contributed by atoms with Crippen LogP contribution in [0, 0.1) is 13.8 Å². The Labute approximate surface area is 160 Å². The van der Waals surface area contributed by atoms with Crippen molar-refractivity contribution in [1.29, 1.82) is 0 Å². The summed E-state index contributed by atoms with van der Waals surface area (Å²) < 4.78 is 7.61. The van der Waals surface area contributed by atoms with Crippen molar-refractivity contribution in [3.8, 4) is 0 Å². The summed E-state index contributed by atoms with van der Waals surface area (Å²) in [6.45, 7) is 9.77. The molecule has 0 bridgehead atoms. The van der Waals surface area contributed by atoms with Crippen LogP contribution >= 0.6 is 0 Å². The molecule has 3 rings (SSSR count). The molecule has 0 aliphatic heterocycles. The molecule has 144 valence electrons. The van der Waals surface area contributed by atoms with Gasteiger partial charge in [0.1, 0.15) is 0 Å². The standard InChI is InChI=1S/C22H28N2O3/c1-13(2)17-6-8-18(9-7-17)23-21(25)16(5)27-22(26)20-12-14(3)24(15(20)4)19-10-11-19/h6-9,12-13,16,19H,10-11H2,1-5H3,(H,23,25)/t16-/m0/s1. The summed E-state index contributed by atoms with van der Waals surface area (Å²) in [4.78, 5) is 24.9. The van der Waals surface area contributed by atoms with Crippen molar-refractivity contribution in [3.63, 3.8) is 0 Å². The van der Waals surface area contributed by atoms with E-state index in [0.29, 0.717) is 23.2 Å². The Hall–Kier alpha value is -2.56. The Morgan fingerprint density at radius 3 is 2.30 bits per heavy atom. The molecule has 1 aliphatic rings. The van der Waals surface area contributed by atoms with Gasteiger partial charge in [0.2, 0.25) is 0 Å². The number of carbonyl (C=O) groups excluding carboxylic acids is 2. The molecule has 1 saturated carbocycles. The topological polar surface area (TPSA) is 60.3 Å². The van der Waals surface area contributed by atoms with E-state index >= 15 is 0 Å². The van der Waals surface area contributed by atoms with Gasteiger partial charge < -0.3 is 14.6 Å². The van der Waals surface area contributed by atoms with Crippen molar-refractivity contribution < 1.29 is 14.3 Å². The summed E-state index contributed by atoms with van der Waals surface area (Å²) in [7, 11) is 0. The fourth-order valence-corrected chi connectivity index (χ4v) is 3.35. The van der Waals surface area contributed by atoms with Crippen LogP contribution in [0.2, 0.25) is 0 Å². The minimum atomic E-state index is -0.869. The number of nitrogens with one attached hydrogen (secondary N) is 1. The highest BCUT2D eigenvalue weighted by molar-refractivity contribution is 5.97. The van der Waals surface area contributed by atoms with Gasteiger partial charge >= 0.3 is 5.97 Å². The molecular formula is C22H28N2O3. The molecule has 2 aromatic rings. The van der Waals surface area contributed by atoms with E-state index in [9.17, 15) is 9.59 Å². The summed E-state index contributed by atoms with van der Waals surface area (Å²) in [5.74, 6) is -0.353. The predicted octanol–water partition coefficient (Wildman–Crippen LogP) is 4.75. The lowest BCUT2D eigenvalue weighted by molar-refractivity contribution is -0.123. The van der Waals surface area contributed by atoms with E-state index in [2.05, 4.69) is 23.7 Å². The second-order valence-corrected chi connectivity index (χ2v) is 7.70. The molecule has 1 amide bonds. The van der Waals surface area contributed by atoms with Crippen LogP contribution in [0.15, 0.2) is 30.3 Å². The fraction of sp³-hybridized carbons (Fsp3) is 0.455. The van der Waals surface area contributed by atoms with Crippen LogP contribution in [-0.4, -0.2) is 22.5 Å². The molecular weight excluding hydrogens is 340 g/mol. The Bertz CT molecular complexity index is 845. The highest BCUT2D eigenvalue weighted by Crippen LogP contribution is 2.38. The van der Waals surface area contributed by atoms with E-state index in [1.807, 2.05) is 44.2 Å². The number of anilines is 1. The van der Waals surface area contributed by atoms with Gasteiger partial charge in [-0.25, -0.2) is 4.79 Å². The van der Waals surface area contributed by atoms with Crippen LogP contribution in [0.3, 0.4) is 0 Å². The summed E-state index contributed by atoms with van der Waals surface area (Å²) in [5, 5.41) is 2.80. The van der Waals surface area contributed by atoms with E-state index in [1.165, 1.54) is 5.56 Å². The van der Waals surface area contributed by atoms with E-state index in [4.69, 9.17) is 4.74 Å². The first-order valence-corrected chi connectivity index (χ1v) is 9.58. The third kappa shape index (κ3) is 4.24. The minimum Gasteiger partial charge on any atom is -0.449 e. The number of aryl methyl sites for hydroxylation is 1. The number of carbonyl (C=O) groups is 2. The molecule has 1 fully saturated rings. The minimum absolute atomic E-state index is 0.336. The van der Waals surface area contributed by atoms with Gasteiger partial charge in [0.15, 0.2) is 6.10 Å². The summed E-state index contributed by atoms with van der Waals surface area (Å²) >= 11 is 0. The van der Waals surface area contributed by atoms with E-state index in [0.717, 1.165) is 24.2 Å². The second kappa shape index (κ2) is 7.59. The fourth-order valence-electron chi connectivity index (χ4n) is 3.35. The summed E-state index contributed by atoms with van der Waals surface area (Å²) in [6.07, 6.45) is 1.43. The lowest BCUT2D eigenvalue weighted by Gasteiger charge is -2.14. The van der Waals surface area contributed by atoms with E-state index in [-0.39, 0.29) is 5.91 Å². The first kappa shape index (κ1) is 19.2. The number of amides is 1. The molecule has 0 spiro atoms. The van der Waals surface area contributed by atoms with Crippen LogP contribution in [0.4, 0.5) is 5.69 Å². The maximum atomic E-state index is 12.5. The molecule has 0 saturated heterocycles. The molecule has 5 nitrogen and oxygen atoms in total. The molecule has 0 radical (unpaired) electrons. The third-order valence-corrected chi connectivity index (χ3v) is 5.11. The molecule has 1 aromatic carbocycles. The predicted molar refractivity (Wildman–Crippen MR) is 106 cm³/mol. The summed E-state index contributed by atoms with van der Waals surface area (Å²) in [5.41, 5.74) is 4.42. The zero-order valence-electron chi connectivity index (χ0n) is 16.7. The smallest absolute Gasteiger partial charge is 0.340 e. The number of nitrogens with zero attached hydrogens (tertiary/aromatic N) is 1. The van der Waals surface area contributed by atoms with Gasteiger partial charge in [0, 0.05) is 23.1 Å². The zero-order valence-corrected chi connectivity index (χ0v) is 16.7. The number of hydrogen-bond donors (Lipinski definition) is 1. The maximum absolute atomic E-state index is 12.5. The maximum Gasteiger partial charge on any atom is 0.340 e. The largest absolute Gasteiger partial charge is 0.449 e. The number of aromatic nitrogens is 1. The number of hydrogen-bond acceptors (Lipinski definition) is 3. The Morgan fingerprint density at radius 2 is 1.74 bits per heavy atom. The lowest BCUT2D eigenvalue weighted by atomic mass is 10.0. The van der Waals surface area contributed by atoms with Crippen LogP contribution < -0.4 is 5.32 Å². The average molecular weight is 368 g/mol. The molecule has 5 heteroatoms. The van der Waals surface area contributed by atoms with Gasteiger partial charge in [-0.05, 0) is 63.3 Å². The van der Waals surface area contributed by atoms with Crippen LogP contribution in [0.5, 0.6) is 0 Å². The molecule has 27 heavy (non-hydrogen) atoms. The molecule has 1 aliphatic carbocycles. The van der Waals surface area contributed by atoms with Crippen molar-refractivity contribution in [3.05, 3.63) is 52.8 Å². The van der Waals surface area contributed by atoms with Crippen LogP contribution in [-0.2, 0) is 9.53 Å². The van der Waals surface area contributed by atoms with Gasteiger partial charge in [-0.3, -0.25) is 4.79 Å². The van der Waals surface area contributed by atoms with Crippen LogP contribution in [0.1, 0.15) is 72.9 Å². The van der Waals surface area contributed by atoms with Gasteiger partial charge in [0.25, 0.3) is 5.91 Å². The van der Waals surface area contributed by atoms with Gasteiger partial charge in [0.05, 0.1) is 5.56 Å². The van der Waals surface area contributed by atoms with Crippen molar-refractivity contribution in [2.75, 3.05) is 5.32 Å². The van der Waals surface area contributed by atoms with Crippen molar-refractivity contribution in [1.82, 2.24) is 4.57 Å². The van der Waals surface area contributed by atoms with Gasteiger partial charge in [-0.2, -0.15) is 0 Å². The van der Waals surface area contributed by atoms with E-state index in [1.54, 1.807) is 6.92 Å². The number of rotatable bonds is 6. The van der Waals surface area contributed by atoms with Crippen LogP contribution in [0.25, 0.3) is 0 Å². The van der Waals surface area contributed by atoms with Crippen molar-refractivity contribution >= 4 is 17.6 Å². The molecule has 0 unspecified atom stereocenters. The van der Waals surface area contributed by atoms with E-state index < -0.39 is 12.1 Å². The lowest BCUT2D eigenvalue weighted by Crippen LogP contribution is -2.30. The third-order valence-electron chi connectivity index (χ3n) is 5.11. The number of ether oxygens (including phenoxy) is 1. The SMILES string of the molecule is Cc1cc(C(=O)O[C@@H](C)C(=O)Nc2ccc(C(C)C)cc2)c(C)n1C1CC1. The zero-order chi connectivity index (χ0) is 19.7. The highest BCUT2D eigenvalue weighted by atomic mass is 16.5. The second-order valence-electron chi connectivity index (χ2n) is 7.70. The van der Waals surface area contributed by atoms with Gasteiger partial charge in [-0.1, -0.05) is 26.0 Å². The normalized spacial score (nSPS) is 14.9. The van der Waals surface area contributed by atoms with Crippen molar-refractivity contribution in [2.45, 2.75) is 65.5 Å². The van der Waals surface area contributed by atoms with Gasteiger partial charge in [-0.15, -0.1) is 0 Å². The first-order valence-electron chi connectivity index (χ1n) is 9.58. The molecule has 1 heterocycles. The number of benzene rings is 1. The average Bonchev–Trinajstić information content (AvgIpc) is 3.40. The number of esters is 1. The molecule has 1 aromatic heterocycles. The summed E-state index contributed by atoms with van der Waals surface area (Å²) in [6, 6.07) is 10.1. The molecule has 1 atom stereocenters. The van der Waals surface area contributed by atoms with Crippen molar-refractivity contribution in [2.24, 2.45) is 0 Å².